The maximum absolute atomic E-state index is 13.1. The number of carboxylic acids is 1. The van der Waals surface area contributed by atoms with Crippen molar-refractivity contribution in [1.82, 2.24) is 15.2 Å². The SMILES string of the molecule is CO/N=C(\C(=O)N[C@@H]1C(=O)N2C(C(=O)[O-])=C(/C=C3\CCN(c4ccc[n+](C)c4)C3=O)CC[C@H]12)c1csc(N)n1. The molecule has 0 aromatic carbocycles. The summed E-state index contributed by atoms with van der Waals surface area (Å²) in [5.41, 5.74) is 6.92. The summed E-state index contributed by atoms with van der Waals surface area (Å²) in [6.07, 6.45) is 6.33. The third kappa shape index (κ3) is 4.74. The number of nitrogen functional groups attached to an aromatic ring is 1. The number of amides is 3. The average Bonchev–Trinajstić information content (AvgIpc) is 3.50. The van der Waals surface area contributed by atoms with E-state index in [4.69, 9.17) is 10.6 Å². The van der Waals surface area contributed by atoms with Crippen molar-refractivity contribution in [3.63, 3.8) is 0 Å². The molecule has 0 unspecified atom stereocenters. The van der Waals surface area contributed by atoms with Crippen molar-refractivity contribution < 1.29 is 33.7 Å². The van der Waals surface area contributed by atoms with Crippen molar-refractivity contribution in [2.45, 2.75) is 31.3 Å². The van der Waals surface area contributed by atoms with E-state index >= 15 is 0 Å². The molecule has 14 heteroatoms. The van der Waals surface area contributed by atoms with Gasteiger partial charge in [-0.1, -0.05) is 5.16 Å². The van der Waals surface area contributed by atoms with E-state index in [0.29, 0.717) is 30.5 Å². The van der Waals surface area contributed by atoms with E-state index < -0.39 is 29.9 Å². The van der Waals surface area contributed by atoms with Crippen LogP contribution in [0.1, 0.15) is 25.0 Å². The molecule has 0 saturated carbocycles. The number of allylic oxidation sites excluding steroid dienone is 2. The van der Waals surface area contributed by atoms with Gasteiger partial charge in [0.15, 0.2) is 23.2 Å². The molecule has 13 nitrogen and oxygen atoms in total. The van der Waals surface area contributed by atoms with E-state index in [1.54, 1.807) is 11.0 Å². The molecular formula is C25H25N7O6S. The van der Waals surface area contributed by atoms with Crippen LogP contribution in [0.2, 0.25) is 0 Å². The van der Waals surface area contributed by atoms with Crippen molar-refractivity contribution in [1.29, 1.82) is 0 Å². The fourth-order valence-corrected chi connectivity index (χ4v) is 5.61. The van der Waals surface area contributed by atoms with Gasteiger partial charge in [0.25, 0.3) is 17.7 Å². The summed E-state index contributed by atoms with van der Waals surface area (Å²) < 4.78 is 1.84. The predicted molar refractivity (Wildman–Crippen MR) is 137 cm³/mol. The number of fused-ring (bicyclic) bond motifs is 1. The van der Waals surface area contributed by atoms with Gasteiger partial charge in [0.2, 0.25) is 0 Å². The molecule has 2 aromatic rings. The van der Waals surface area contributed by atoms with Gasteiger partial charge in [-0.2, -0.15) is 0 Å². The fourth-order valence-electron chi connectivity index (χ4n) is 5.06. The summed E-state index contributed by atoms with van der Waals surface area (Å²) in [6, 6.07) is 2.10. The minimum Gasteiger partial charge on any atom is -0.543 e. The number of hydrogen-bond donors (Lipinski definition) is 2. The van der Waals surface area contributed by atoms with Crippen LogP contribution in [0.15, 0.2) is 58.0 Å². The van der Waals surface area contributed by atoms with Gasteiger partial charge in [-0.15, -0.1) is 11.3 Å². The van der Waals surface area contributed by atoms with Gasteiger partial charge in [-0.25, -0.2) is 9.55 Å². The first-order chi connectivity index (χ1) is 18.7. The summed E-state index contributed by atoms with van der Waals surface area (Å²) in [6.45, 7) is 0.456. The molecule has 0 aliphatic carbocycles. The number of nitrogens with zero attached hydrogens (tertiary/aromatic N) is 5. The zero-order chi connectivity index (χ0) is 27.8. The highest BCUT2D eigenvalue weighted by atomic mass is 32.1. The summed E-state index contributed by atoms with van der Waals surface area (Å²) in [5.74, 6) is -3.06. The second-order valence-electron chi connectivity index (χ2n) is 9.22. The van der Waals surface area contributed by atoms with Gasteiger partial charge >= 0.3 is 0 Å². The highest BCUT2D eigenvalue weighted by Gasteiger charge is 2.52. The lowest BCUT2D eigenvalue weighted by Crippen LogP contribution is -2.72. The van der Waals surface area contributed by atoms with Gasteiger partial charge in [0.05, 0.1) is 17.7 Å². The Morgan fingerprint density at radius 2 is 2.15 bits per heavy atom. The molecule has 5 heterocycles. The van der Waals surface area contributed by atoms with Crippen LogP contribution in [0.25, 0.3) is 0 Å². The first kappa shape index (κ1) is 26.0. The standard InChI is InChI=1S/C25H25N7O6S/c1-30-8-3-4-15(11-30)31-9-7-14(22(31)34)10-13-5-6-17-19(23(35)32(17)20(13)24(36)37)28-21(33)18(29-38-2)16-12-39-25(26)27-16/h3-4,8,10-12,17,19H,5-7,9H2,1-2H3,(H3-,26,27,28,33,36,37)/b14-10+,29-18-/t17-,19+/m1/s1. The number of nitrogens with two attached hydrogens (primary N) is 1. The Hall–Kier alpha value is -4.59. The zero-order valence-electron chi connectivity index (χ0n) is 21.1. The van der Waals surface area contributed by atoms with Crippen LogP contribution in [0.5, 0.6) is 0 Å². The van der Waals surface area contributed by atoms with E-state index in [0.717, 1.165) is 21.9 Å². The zero-order valence-corrected chi connectivity index (χ0v) is 21.9. The van der Waals surface area contributed by atoms with Crippen LogP contribution >= 0.6 is 11.3 Å². The normalized spacial score (nSPS) is 22.2. The number of β-lactam (4-membered cyclic amide) rings is 1. The van der Waals surface area contributed by atoms with Crippen molar-refractivity contribution in [2.75, 3.05) is 24.3 Å². The van der Waals surface area contributed by atoms with Gasteiger partial charge in [0.1, 0.15) is 31.6 Å². The number of anilines is 2. The van der Waals surface area contributed by atoms with Crippen molar-refractivity contribution >= 4 is 51.6 Å². The molecule has 202 valence electrons. The molecule has 3 N–H and O–H groups in total. The number of nitrogens with one attached hydrogen (secondary N) is 1. The number of aromatic nitrogens is 2. The fraction of sp³-hybridized carbons (Fsp3) is 0.320. The Kier molecular flexibility index (Phi) is 6.87. The van der Waals surface area contributed by atoms with E-state index in [9.17, 15) is 24.3 Å². The molecule has 0 radical (unpaired) electrons. The van der Waals surface area contributed by atoms with Crippen LogP contribution in [0.3, 0.4) is 0 Å². The summed E-state index contributed by atoms with van der Waals surface area (Å²) in [5, 5.41) is 20.2. The Balaban J connectivity index is 1.35. The summed E-state index contributed by atoms with van der Waals surface area (Å²) in [7, 11) is 3.12. The second-order valence-corrected chi connectivity index (χ2v) is 10.1. The minimum absolute atomic E-state index is 0.162. The number of rotatable bonds is 7. The first-order valence-corrected chi connectivity index (χ1v) is 13.0. The van der Waals surface area contributed by atoms with Crippen LogP contribution in [-0.2, 0) is 31.1 Å². The smallest absolute Gasteiger partial charge is 0.276 e. The first-order valence-electron chi connectivity index (χ1n) is 12.1. The van der Waals surface area contributed by atoms with Gasteiger partial charge in [-0.3, -0.25) is 14.4 Å². The molecule has 2 atom stereocenters. The number of thiazole rings is 1. The lowest BCUT2D eigenvalue weighted by atomic mass is 9.82. The monoisotopic (exact) mass is 551 g/mol. The molecule has 0 bridgehead atoms. The molecule has 2 fully saturated rings. The summed E-state index contributed by atoms with van der Waals surface area (Å²) >= 11 is 1.11. The average molecular weight is 552 g/mol. The lowest BCUT2D eigenvalue weighted by molar-refractivity contribution is -0.670. The Labute approximate surface area is 226 Å². The third-order valence-corrected chi connectivity index (χ3v) is 7.50. The van der Waals surface area contributed by atoms with Gasteiger partial charge < -0.3 is 35.6 Å². The Morgan fingerprint density at radius 3 is 2.82 bits per heavy atom. The predicted octanol–water partition coefficient (Wildman–Crippen LogP) is -1.24. The van der Waals surface area contributed by atoms with Gasteiger partial charge in [-0.05, 0) is 37.0 Å². The number of aliphatic carboxylic acids is 1. The molecule has 3 aliphatic heterocycles. The van der Waals surface area contributed by atoms with Crippen LogP contribution < -0.4 is 25.6 Å². The third-order valence-electron chi connectivity index (χ3n) is 6.83. The quantitative estimate of drug-likeness (QED) is 0.141. The van der Waals surface area contributed by atoms with Crippen molar-refractivity contribution in [3.05, 3.63) is 58.5 Å². The Morgan fingerprint density at radius 1 is 1.36 bits per heavy atom. The lowest BCUT2D eigenvalue weighted by Gasteiger charge is -2.51. The maximum Gasteiger partial charge on any atom is 0.276 e. The van der Waals surface area contributed by atoms with Crippen molar-refractivity contribution in [3.8, 4) is 0 Å². The number of aryl methyl sites for hydroxylation is 1. The molecule has 3 amide bonds. The van der Waals surface area contributed by atoms with E-state index in [2.05, 4.69) is 15.5 Å². The van der Waals surface area contributed by atoms with Crippen LogP contribution in [-0.4, -0.2) is 65.0 Å². The highest BCUT2D eigenvalue weighted by molar-refractivity contribution is 7.13. The largest absolute Gasteiger partial charge is 0.543 e. The molecule has 3 aliphatic rings. The molecule has 5 rings (SSSR count). The number of carbonyl (C=O) groups excluding carboxylic acids is 4. The molecule has 39 heavy (non-hydrogen) atoms. The maximum atomic E-state index is 13.1. The Bertz CT molecular complexity index is 1480. The topological polar surface area (TPSA) is 174 Å². The molecule has 0 spiro atoms. The number of hydrogen-bond acceptors (Lipinski definition) is 10. The summed E-state index contributed by atoms with van der Waals surface area (Å²) in [4.78, 5) is 62.8. The molecule has 2 saturated heterocycles. The highest BCUT2D eigenvalue weighted by Crippen LogP contribution is 2.38. The van der Waals surface area contributed by atoms with Crippen molar-refractivity contribution in [2.24, 2.45) is 12.2 Å². The van der Waals surface area contributed by atoms with Crippen LogP contribution in [0, 0.1) is 0 Å². The van der Waals surface area contributed by atoms with Crippen LogP contribution in [0.4, 0.5) is 10.8 Å². The minimum atomic E-state index is -1.53. The van der Waals surface area contributed by atoms with E-state index in [-0.39, 0.29) is 34.6 Å². The van der Waals surface area contributed by atoms with E-state index in [1.165, 1.54) is 12.5 Å². The number of carbonyl (C=O) groups is 4. The van der Waals surface area contributed by atoms with E-state index in [1.807, 2.05) is 36.1 Å². The number of oxime groups is 1. The molecular weight excluding hydrogens is 526 g/mol. The second kappa shape index (κ2) is 10.3. The number of carboxylic acid groups (broad SMARTS) is 1. The van der Waals surface area contributed by atoms with Gasteiger partial charge in [0, 0.05) is 23.6 Å². The molecule has 2 aromatic heterocycles. The number of pyridine rings is 1.